The summed E-state index contributed by atoms with van der Waals surface area (Å²) in [6, 6.07) is 0. The molecule has 1 fully saturated rings. The van der Waals surface area contributed by atoms with E-state index in [0.717, 1.165) is 45.0 Å². The Morgan fingerprint density at radius 3 is 2.08 bits per heavy atom. The van der Waals surface area contributed by atoms with E-state index >= 15 is 0 Å². The van der Waals surface area contributed by atoms with Crippen molar-refractivity contribution >= 4 is 0 Å². The van der Waals surface area contributed by atoms with Gasteiger partial charge in [0.25, 0.3) is 0 Å². The van der Waals surface area contributed by atoms with Crippen LogP contribution in [0.2, 0.25) is 0 Å². The molecule has 1 aliphatic heterocycles. The lowest BCUT2D eigenvalue weighted by Crippen LogP contribution is -2.53. The number of hydrogen-bond donors (Lipinski definition) is 0. The van der Waals surface area contributed by atoms with Gasteiger partial charge in [-0.05, 0) is 55.4 Å². The molecule has 0 unspecified atom stereocenters. The molecule has 0 bridgehead atoms. The quantitative estimate of drug-likeness (QED) is 0.773. The van der Waals surface area contributed by atoms with Crippen molar-refractivity contribution < 1.29 is 0 Å². The van der Waals surface area contributed by atoms with Gasteiger partial charge in [-0.3, -0.25) is 14.5 Å². The van der Waals surface area contributed by atoms with Crippen molar-refractivity contribution in [1.82, 2.24) is 24.8 Å². The Labute approximate surface area is 160 Å². The molecule has 2 heterocycles. The minimum Gasteiger partial charge on any atom is -0.296 e. The summed E-state index contributed by atoms with van der Waals surface area (Å²) in [6.45, 7) is 23.7. The van der Waals surface area contributed by atoms with Gasteiger partial charge in [-0.1, -0.05) is 17.1 Å². The summed E-state index contributed by atoms with van der Waals surface area (Å²) in [5.41, 5.74) is 1.22. The van der Waals surface area contributed by atoms with Gasteiger partial charge < -0.3 is 0 Å². The smallest absolute Gasteiger partial charge is 0.0967 e. The van der Waals surface area contributed by atoms with Gasteiger partial charge in [0.05, 0.1) is 12.2 Å². The first kappa shape index (κ1) is 20.9. The largest absolute Gasteiger partial charge is 0.296 e. The summed E-state index contributed by atoms with van der Waals surface area (Å²) in [5.74, 6) is 6.75. The van der Waals surface area contributed by atoms with Crippen molar-refractivity contribution in [1.29, 1.82) is 0 Å². The fraction of sp³-hybridized carbons (Fsp3) is 0.810. The Kier molecular flexibility index (Phi) is 6.20. The van der Waals surface area contributed by atoms with Crippen LogP contribution in [-0.4, -0.2) is 56.5 Å². The highest BCUT2D eigenvalue weighted by atomic mass is 15.4. The van der Waals surface area contributed by atoms with Crippen molar-refractivity contribution in [2.45, 2.75) is 74.0 Å². The second-order valence-corrected chi connectivity index (χ2v) is 10.2. The van der Waals surface area contributed by atoms with E-state index < -0.39 is 0 Å². The average Bonchev–Trinajstić information content (AvgIpc) is 2.91. The molecule has 26 heavy (non-hydrogen) atoms. The Balaban J connectivity index is 1.89. The third-order valence-corrected chi connectivity index (χ3v) is 4.63. The molecule has 0 aromatic carbocycles. The molecule has 5 nitrogen and oxygen atoms in total. The first-order valence-corrected chi connectivity index (χ1v) is 9.75. The van der Waals surface area contributed by atoms with Gasteiger partial charge in [0.2, 0.25) is 0 Å². The zero-order chi connectivity index (χ0) is 19.6. The van der Waals surface area contributed by atoms with E-state index in [-0.39, 0.29) is 16.4 Å². The molecular formula is C21H37N5. The number of hydrogen-bond acceptors (Lipinski definition) is 4. The molecule has 1 aromatic rings. The highest BCUT2D eigenvalue weighted by Crippen LogP contribution is 2.20. The maximum Gasteiger partial charge on any atom is 0.0967 e. The van der Waals surface area contributed by atoms with Gasteiger partial charge in [-0.15, -0.1) is 5.10 Å². The molecular weight excluding hydrogens is 322 g/mol. The van der Waals surface area contributed by atoms with E-state index in [2.05, 4.69) is 93.5 Å². The molecule has 0 amide bonds. The lowest BCUT2D eigenvalue weighted by Gasteiger charge is -2.42. The van der Waals surface area contributed by atoms with Crippen LogP contribution in [0.15, 0.2) is 6.20 Å². The predicted octanol–water partition coefficient (Wildman–Crippen LogP) is 3.27. The van der Waals surface area contributed by atoms with E-state index in [1.807, 2.05) is 4.68 Å². The summed E-state index contributed by atoms with van der Waals surface area (Å²) in [5, 5.41) is 8.71. The van der Waals surface area contributed by atoms with Crippen molar-refractivity contribution in [2.24, 2.45) is 10.8 Å². The zero-order valence-corrected chi connectivity index (χ0v) is 18.1. The molecule has 146 valence electrons. The molecule has 0 aliphatic carbocycles. The lowest BCUT2D eigenvalue weighted by atomic mass is 9.90. The van der Waals surface area contributed by atoms with Gasteiger partial charge in [0.15, 0.2) is 0 Å². The third-order valence-electron chi connectivity index (χ3n) is 4.63. The fourth-order valence-electron chi connectivity index (χ4n) is 3.10. The van der Waals surface area contributed by atoms with Gasteiger partial charge in [-0.25, -0.2) is 0 Å². The molecule has 5 heteroatoms. The summed E-state index contributed by atoms with van der Waals surface area (Å²) in [7, 11) is 0. The summed E-state index contributed by atoms with van der Waals surface area (Å²) >= 11 is 0. The SMILES string of the molecule is CC(C)(C)C#CC(C)(C)Cn1cc(CN2CCN(C(C)(C)C)CC2)nn1. The van der Waals surface area contributed by atoms with Crippen LogP contribution in [0.3, 0.4) is 0 Å². The molecule has 0 spiro atoms. The van der Waals surface area contributed by atoms with Crippen LogP contribution in [0, 0.1) is 22.7 Å². The van der Waals surface area contributed by atoms with Crippen molar-refractivity contribution in [3.63, 3.8) is 0 Å². The van der Waals surface area contributed by atoms with Gasteiger partial charge in [0.1, 0.15) is 0 Å². The predicted molar refractivity (Wildman–Crippen MR) is 108 cm³/mol. The number of aromatic nitrogens is 3. The highest BCUT2D eigenvalue weighted by Gasteiger charge is 2.26. The molecule has 2 rings (SSSR count). The van der Waals surface area contributed by atoms with Crippen LogP contribution in [-0.2, 0) is 13.1 Å². The first-order chi connectivity index (χ1) is 11.8. The minimum absolute atomic E-state index is 0.0278. The summed E-state index contributed by atoms with van der Waals surface area (Å²) < 4.78 is 1.94. The molecule has 0 saturated carbocycles. The molecule has 0 atom stereocenters. The maximum atomic E-state index is 4.38. The van der Waals surface area contributed by atoms with Crippen molar-refractivity contribution in [3.8, 4) is 11.8 Å². The molecule has 1 aliphatic rings. The fourth-order valence-corrected chi connectivity index (χ4v) is 3.10. The maximum absolute atomic E-state index is 4.38. The average molecular weight is 360 g/mol. The monoisotopic (exact) mass is 359 g/mol. The molecule has 1 saturated heterocycles. The van der Waals surface area contributed by atoms with E-state index in [4.69, 9.17) is 0 Å². The standard InChI is InChI=1S/C21H37N5/c1-19(2,3)9-10-21(7,8)17-26-16-18(22-23-26)15-24-11-13-25(14-12-24)20(4,5)6/h16H,11-15,17H2,1-8H3. The van der Waals surface area contributed by atoms with Crippen molar-refractivity contribution in [3.05, 3.63) is 11.9 Å². The summed E-state index contributed by atoms with van der Waals surface area (Å²) in [4.78, 5) is 5.03. The first-order valence-electron chi connectivity index (χ1n) is 9.75. The minimum atomic E-state index is -0.114. The van der Waals surface area contributed by atoms with Crippen LogP contribution < -0.4 is 0 Å². The second-order valence-electron chi connectivity index (χ2n) is 10.2. The zero-order valence-electron chi connectivity index (χ0n) is 18.1. The van der Waals surface area contributed by atoms with E-state index in [9.17, 15) is 0 Å². The van der Waals surface area contributed by atoms with E-state index in [1.165, 1.54) is 0 Å². The highest BCUT2D eigenvalue weighted by molar-refractivity contribution is 5.14. The molecule has 0 radical (unpaired) electrons. The van der Waals surface area contributed by atoms with Crippen LogP contribution in [0.25, 0.3) is 0 Å². The third kappa shape index (κ3) is 6.74. The van der Waals surface area contributed by atoms with Gasteiger partial charge in [0, 0.05) is 55.3 Å². The lowest BCUT2D eigenvalue weighted by molar-refractivity contribution is 0.0585. The Hall–Kier alpha value is -1.38. The van der Waals surface area contributed by atoms with E-state index in [0.29, 0.717) is 0 Å². The van der Waals surface area contributed by atoms with Crippen molar-refractivity contribution in [2.75, 3.05) is 26.2 Å². The molecule has 1 aromatic heterocycles. The van der Waals surface area contributed by atoms with Gasteiger partial charge in [-0.2, -0.15) is 0 Å². The van der Waals surface area contributed by atoms with E-state index in [1.54, 1.807) is 0 Å². The summed E-state index contributed by atoms with van der Waals surface area (Å²) in [6.07, 6.45) is 2.08. The number of rotatable bonds is 4. The topological polar surface area (TPSA) is 37.2 Å². The van der Waals surface area contributed by atoms with Gasteiger partial charge >= 0.3 is 0 Å². The Morgan fingerprint density at radius 1 is 0.923 bits per heavy atom. The van der Waals surface area contributed by atoms with Crippen LogP contribution in [0.4, 0.5) is 0 Å². The Morgan fingerprint density at radius 2 is 1.54 bits per heavy atom. The van der Waals surface area contributed by atoms with Crippen LogP contribution in [0.1, 0.15) is 61.1 Å². The number of nitrogens with zero attached hydrogens (tertiary/aromatic N) is 5. The molecule has 0 N–H and O–H groups in total. The van der Waals surface area contributed by atoms with Crippen LogP contribution in [0.5, 0.6) is 0 Å². The number of piperazine rings is 1. The Bertz CT molecular complexity index is 640. The second kappa shape index (κ2) is 7.70. The van der Waals surface area contributed by atoms with Crippen LogP contribution >= 0.6 is 0 Å². The normalized spacial score (nSPS) is 17.8.